The highest BCUT2D eigenvalue weighted by Gasteiger charge is 2.32. The van der Waals surface area contributed by atoms with Gasteiger partial charge in [-0.05, 0) is 25.1 Å². The Kier molecular flexibility index (Phi) is 4.26. The van der Waals surface area contributed by atoms with Crippen LogP contribution in [0.15, 0.2) is 22.6 Å². The van der Waals surface area contributed by atoms with Gasteiger partial charge in [0.15, 0.2) is 5.76 Å². The van der Waals surface area contributed by atoms with E-state index in [0.717, 1.165) is 0 Å². The molecule has 4 N–H and O–H groups in total. The van der Waals surface area contributed by atoms with Crippen LogP contribution in [0.4, 0.5) is 4.39 Å². The lowest BCUT2D eigenvalue weighted by Gasteiger charge is -2.28. The molecule has 0 aliphatic rings. The maximum absolute atomic E-state index is 13.2. The molecule has 0 fully saturated rings. The molecule has 0 aliphatic carbocycles. The minimum Gasteiger partial charge on any atom is -0.451 e. The average molecular weight is 297 g/mol. The Morgan fingerprint density at radius 1 is 1.29 bits per heavy atom. The van der Waals surface area contributed by atoms with E-state index in [1.165, 1.54) is 18.2 Å². The van der Waals surface area contributed by atoms with Gasteiger partial charge >= 0.3 is 0 Å². The number of nitrogens with one attached hydrogen (secondary N) is 1. The zero-order chi connectivity index (χ0) is 15.6. The summed E-state index contributed by atoms with van der Waals surface area (Å²) in [5.74, 6) is -1.22. The van der Waals surface area contributed by atoms with E-state index in [9.17, 15) is 24.5 Å². The van der Waals surface area contributed by atoms with Crippen molar-refractivity contribution in [3.8, 4) is 0 Å². The standard InChI is InChI=1S/C14H16FNO5/c1-8-10-4-9(15)2-3-11(10)21-12(8)13(20)16-14(5-17,6-18)7-19/h2-4,17-19H,5-7H2,1H3,(H,16,20). The van der Waals surface area contributed by atoms with E-state index in [1.54, 1.807) is 6.92 Å². The molecule has 7 heteroatoms. The van der Waals surface area contributed by atoms with Crippen LogP contribution in [0.2, 0.25) is 0 Å². The number of hydrogen-bond acceptors (Lipinski definition) is 5. The number of carbonyl (C=O) groups excluding carboxylic acids is 1. The number of hydrogen-bond donors (Lipinski definition) is 4. The first kappa shape index (κ1) is 15.4. The van der Waals surface area contributed by atoms with Crippen LogP contribution >= 0.6 is 0 Å². The maximum atomic E-state index is 13.2. The zero-order valence-corrected chi connectivity index (χ0v) is 11.4. The number of fused-ring (bicyclic) bond motifs is 1. The van der Waals surface area contributed by atoms with Gasteiger partial charge in [-0.15, -0.1) is 0 Å². The Balaban J connectivity index is 2.38. The topological polar surface area (TPSA) is 103 Å². The summed E-state index contributed by atoms with van der Waals surface area (Å²) in [6, 6.07) is 3.88. The predicted octanol–water partition coefficient (Wildman–Crippen LogP) is 0.326. The lowest BCUT2D eigenvalue weighted by atomic mass is 10.0. The zero-order valence-electron chi connectivity index (χ0n) is 11.4. The van der Waals surface area contributed by atoms with Gasteiger partial charge in [0.25, 0.3) is 5.91 Å². The number of rotatable bonds is 5. The highest BCUT2D eigenvalue weighted by Crippen LogP contribution is 2.26. The Morgan fingerprint density at radius 3 is 2.48 bits per heavy atom. The Morgan fingerprint density at radius 2 is 1.90 bits per heavy atom. The molecule has 6 nitrogen and oxygen atoms in total. The summed E-state index contributed by atoms with van der Waals surface area (Å²) in [5, 5.41) is 30.4. The summed E-state index contributed by atoms with van der Waals surface area (Å²) in [6.45, 7) is -0.322. The van der Waals surface area contributed by atoms with E-state index in [4.69, 9.17) is 4.42 Å². The number of aryl methyl sites for hydroxylation is 1. The first-order valence-electron chi connectivity index (χ1n) is 6.30. The van der Waals surface area contributed by atoms with Crippen LogP contribution in [0.1, 0.15) is 16.1 Å². The third-order valence-electron chi connectivity index (χ3n) is 3.39. The molecule has 0 radical (unpaired) electrons. The number of benzene rings is 1. The van der Waals surface area contributed by atoms with Crippen LogP contribution in [0, 0.1) is 12.7 Å². The minimum absolute atomic E-state index is 0.0599. The molecule has 2 rings (SSSR count). The monoisotopic (exact) mass is 297 g/mol. The molecule has 1 aromatic heterocycles. The van der Waals surface area contributed by atoms with E-state index >= 15 is 0 Å². The molecule has 0 atom stereocenters. The third-order valence-corrected chi connectivity index (χ3v) is 3.39. The average Bonchev–Trinajstić information content (AvgIpc) is 2.82. The van der Waals surface area contributed by atoms with Crippen molar-refractivity contribution in [3.05, 3.63) is 35.3 Å². The molecule has 0 aliphatic heterocycles. The fraction of sp³-hybridized carbons (Fsp3) is 0.357. The fourth-order valence-corrected chi connectivity index (χ4v) is 1.98. The largest absolute Gasteiger partial charge is 0.451 e. The van der Waals surface area contributed by atoms with E-state index in [-0.39, 0.29) is 5.76 Å². The van der Waals surface area contributed by atoms with Gasteiger partial charge in [0.2, 0.25) is 0 Å². The number of aliphatic hydroxyl groups excluding tert-OH is 3. The van der Waals surface area contributed by atoms with Crippen molar-refractivity contribution in [1.82, 2.24) is 5.32 Å². The van der Waals surface area contributed by atoms with Crippen LogP contribution in [-0.2, 0) is 0 Å². The van der Waals surface area contributed by atoms with Crippen molar-refractivity contribution in [2.75, 3.05) is 19.8 Å². The van der Waals surface area contributed by atoms with Gasteiger partial charge in [0.05, 0.1) is 19.8 Å². The molecule has 1 amide bonds. The number of halogens is 1. The molecular weight excluding hydrogens is 281 g/mol. The molecule has 21 heavy (non-hydrogen) atoms. The van der Waals surface area contributed by atoms with E-state index in [1.807, 2.05) is 0 Å². The van der Waals surface area contributed by atoms with Crippen molar-refractivity contribution in [3.63, 3.8) is 0 Å². The summed E-state index contributed by atoms with van der Waals surface area (Å²) < 4.78 is 18.6. The molecule has 0 saturated heterocycles. The summed E-state index contributed by atoms with van der Waals surface area (Å²) in [4.78, 5) is 12.2. The van der Waals surface area contributed by atoms with Crippen LogP contribution in [-0.4, -0.2) is 46.6 Å². The second-order valence-electron chi connectivity index (χ2n) is 4.91. The molecule has 114 valence electrons. The number of carbonyl (C=O) groups is 1. The molecule has 1 heterocycles. The molecule has 2 aromatic rings. The van der Waals surface area contributed by atoms with Crippen LogP contribution in [0.3, 0.4) is 0 Å². The fourth-order valence-electron chi connectivity index (χ4n) is 1.98. The van der Waals surface area contributed by atoms with Crippen molar-refractivity contribution in [2.45, 2.75) is 12.5 Å². The molecule has 0 bridgehead atoms. The van der Waals surface area contributed by atoms with Gasteiger partial charge in [0, 0.05) is 10.9 Å². The van der Waals surface area contributed by atoms with Crippen LogP contribution in [0.25, 0.3) is 11.0 Å². The second-order valence-corrected chi connectivity index (χ2v) is 4.91. The van der Waals surface area contributed by atoms with Crippen molar-refractivity contribution in [1.29, 1.82) is 0 Å². The minimum atomic E-state index is -1.55. The van der Waals surface area contributed by atoms with Gasteiger partial charge in [-0.25, -0.2) is 4.39 Å². The van der Waals surface area contributed by atoms with Gasteiger partial charge in [-0.1, -0.05) is 0 Å². The summed E-state index contributed by atoms with van der Waals surface area (Å²) in [5.41, 5.74) is -0.764. The number of furan rings is 1. The second kappa shape index (κ2) is 5.80. The van der Waals surface area contributed by atoms with E-state index in [2.05, 4.69) is 5.32 Å². The Bertz CT molecular complexity index is 654. The molecular formula is C14H16FNO5. The van der Waals surface area contributed by atoms with Gasteiger partial charge in [-0.3, -0.25) is 4.79 Å². The van der Waals surface area contributed by atoms with Crippen LogP contribution < -0.4 is 5.32 Å². The van der Waals surface area contributed by atoms with Gasteiger partial charge in [0.1, 0.15) is 16.9 Å². The maximum Gasteiger partial charge on any atom is 0.287 e. The summed E-state index contributed by atoms with van der Waals surface area (Å²) in [6.07, 6.45) is 0. The molecule has 0 saturated carbocycles. The SMILES string of the molecule is Cc1c(C(=O)NC(CO)(CO)CO)oc2ccc(F)cc12. The molecule has 0 unspecified atom stereocenters. The Labute approximate surface area is 119 Å². The van der Waals surface area contributed by atoms with Crippen molar-refractivity contribution < 1.29 is 28.9 Å². The van der Waals surface area contributed by atoms with E-state index in [0.29, 0.717) is 16.5 Å². The van der Waals surface area contributed by atoms with E-state index < -0.39 is 37.1 Å². The highest BCUT2D eigenvalue weighted by atomic mass is 19.1. The smallest absolute Gasteiger partial charge is 0.287 e. The van der Waals surface area contributed by atoms with Gasteiger partial charge in [-0.2, -0.15) is 0 Å². The lowest BCUT2D eigenvalue weighted by Crippen LogP contribution is -2.57. The quantitative estimate of drug-likeness (QED) is 0.637. The highest BCUT2D eigenvalue weighted by molar-refractivity contribution is 5.99. The van der Waals surface area contributed by atoms with Crippen molar-refractivity contribution >= 4 is 16.9 Å². The number of amides is 1. The summed E-state index contributed by atoms with van der Waals surface area (Å²) in [7, 11) is 0. The normalized spacial score (nSPS) is 11.9. The molecule has 1 aromatic carbocycles. The Hall–Kier alpha value is -1.96. The number of aliphatic hydroxyl groups is 3. The first-order chi connectivity index (χ1) is 9.96. The van der Waals surface area contributed by atoms with Crippen molar-refractivity contribution in [2.24, 2.45) is 0 Å². The third kappa shape index (κ3) is 2.76. The predicted molar refractivity (Wildman–Crippen MR) is 72.4 cm³/mol. The van der Waals surface area contributed by atoms with Gasteiger partial charge < -0.3 is 25.1 Å². The first-order valence-corrected chi connectivity index (χ1v) is 6.30. The van der Waals surface area contributed by atoms with Crippen LogP contribution in [0.5, 0.6) is 0 Å². The lowest BCUT2D eigenvalue weighted by molar-refractivity contribution is 0.0364. The molecule has 0 spiro atoms. The summed E-state index contributed by atoms with van der Waals surface area (Å²) >= 11 is 0.